The highest BCUT2D eigenvalue weighted by molar-refractivity contribution is 7.90. The summed E-state index contributed by atoms with van der Waals surface area (Å²) in [6.07, 6.45) is 6.09. The first-order valence-electron chi connectivity index (χ1n) is 10.9. The van der Waals surface area contributed by atoms with Gasteiger partial charge in [0.2, 0.25) is 0 Å². The quantitative estimate of drug-likeness (QED) is 0.518. The summed E-state index contributed by atoms with van der Waals surface area (Å²) in [5.41, 5.74) is -1.18. The van der Waals surface area contributed by atoms with Gasteiger partial charge in [0.15, 0.2) is 15.4 Å². The molecule has 2 fully saturated rings. The zero-order valence-corrected chi connectivity index (χ0v) is 22.1. The third-order valence-electron chi connectivity index (χ3n) is 6.37. The molecule has 0 aliphatic carbocycles. The Hall–Kier alpha value is -1.74. The predicted molar refractivity (Wildman–Crippen MR) is 134 cm³/mol. The molecule has 2 aromatic rings. The molecular weight excluding hydrogens is 521 g/mol. The first kappa shape index (κ1) is 25.4. The summed E-state index contributed by atoms with van der Waals surface area (Å²) >= 11 is 18.3. The molecule has 2 aliphatic rings. The molecule has 2 bridgehead atoms. The Morgan fingerprint density at radius 1 is 1.09 bits per heavy atom. The van der Waals surface area contributed by atoms with Crippen molar-refractivity contribution in [3.63, 3.8) is 0 Å². The molecule has 0 spiro atoms. The molecule has 0 radical (unpaired) electrons. The van der Waals surface area contributed by atoms with Gasteiger partial charge >= 0.3 is 0 Å². The van der Waals surface area contributed by atoms with Crippen LogP contribution in [0.5, 0.6) is 5.75 Å². The van der Waals surface area contributed by atoms with Gasteiger partial charge in [-0.3, -0.25) is 4.79 Å². The molecule has 0 saturated carbocycles. The highest BCUT2D eigenvalue weighted by atomic mass is 35.5. The van der Waals surface area contributed by atoms with Crippen molar-refractivity contribution in [2.45, 2.75) is 68.2 Å². The van der Waals surface area contributed by atoms with Crippen molar-refractivity contribution in [3.05, 3.63) is 45.5 Å². The Kier molecular flexibility index (Phi) is 6.99. The largest absolute Gasteiger partial charge is 0.476 e. The monoisotopic (exact) mass is 545 g/mol. The molecular formula is C23H26Cl3N3O4S. The number of ether oxygens (including phenoxy) is 1. The lowest BCUT2D eigenvalue weighted by Gasteiger charge is -2.40. The fourth-order valence-electron chi connectivity index (χ4n) is 4.68. The summed E-state index contributed by atoms with van der Waals surface area (Å²) in [4.78, 5) is 20.0. The molecule has 1 aromatic heterocycles. The van der Waals surface area contributed by atoms with E-state index in [0.717, 1.165) is 31.5 Å². The summed E-state index contributed by atoms with van der Waals surface area (Å²) in [6, 6.07) is 6.77. The van der Waals surface area contributed by atoms with Gasteiger partial charge in [-0.15, -0.1) is 0 Å². The number of sulfone groups is 1. The number of benzene rings is 1. The third-order valence-corrected chi connectivity index (χ3v) is 8.48. The van der Waals surface area contributed by atoms with Crippen molar-refractivity contribution in [1.82, 2.24) is 10.3 Å². The molecule has 3 atom stereocenters. The van der Waals surface area contributed by atoms with Crippen LogP contribution in [0, 0.1) is 0 Å². The van der Waals surface area contributed by atoms with E-state index in [4.69, 9.17) is 39.5 Å². The number of aromatic nitrogens is 1. The lowest BCUT2D eigenvalue weighted by molar-refractivity contribution is -0.135. The number of halogens is 3. The average Bonchev–Trinajstić information content (AvgIpc) is 3.01. The van der Waals surface area contributed by atoms with Crippen LogP contribution in [0.25, 0.3) is 0 Å². The molecule has 34 heavy (non-hydrogen) atoms. The van der Waals surface area contributed by atoms with Crippen molar-refractivity contribution >= 4 is 56.4 Å². The number of nitrogens with one attached hydrogen (secondary N) is 1. The van der Waals surface area contributed by atoms with Crippen LogP contribution in [0.1, 0.15) is 39.5 Å². The van der Waals surface area contributed by atoms with Crippen molar-refractivity contribution in [2.75, 3.05) is 11.2 Å². The Balaban J connectivity index is 1.42. The van der Waals surface area contributed by atoms with Crippen LogP contribution < -0.4 is 15.0 Å². The number of amides is 1. The van der Waals surface area contributed by atoms with Crippen LogP contribution in [0.15, 0.2) is 35.4 Å². The number of carbonyl (C=O) groups is 1. The SMILES string of the molecule is CC(C)(Oc1cc(Cl)c(Cl)cc1Cl)C(=O)N[C@H]1C[C@H]2CC[C@@H](C1)N2c1ccc(S(C)(=O)=O)cn1. The highest BCUT2D eigenvalue weighted by Crippen LogP contribution is 2.39. The molecule has 1 N–H and O–H groups in total. The average molecular weight is 547 g/mol. The summed E-state index contributed by atoms with van der Waals surface area (Å²) in [6.45, 7) is 3.36. The minimum atomic E-state index is -3.29. The van der Waals surface area contributed by atoms with Gasteiger partial charge in [-0.2, -0.15) is 0 Å². The number of piperidine rings is 1. The lowest BCUT2D eigenvalue weighted by Crippen LogP contribution is -2.55. The van der Waals surface area contributed by atoms with Gasteiger partial charge < -0.3 is 15.0 Å². The standard InChI is InChI=1S/C23H26Cl3N3O4S/c1-23(2,33-20-11-18(25)17(24)10-19(20)26)22(30)28-13-8-14-4-5-15(9-13)29(14)21-7-6-16(12-27-21)34(3,31)32/h6-7,10-15H,4-5,8-9H2,1-3H3,(H,28,30)/t13-,14+,15-. The number of anilines is 1. The number of hydrogen-bond donors (Lipinski definition) is 1. The minimum absolute atomic E-state index is 0.0105. The molecule has 7 nitrogen and oxygen atoms in total. The van der Waals surface area contributed by atoms with E-state index < -0.39 is 15.4 Å². The number of carbonyl (C=O) groups excluding carboxylic acids is 1. The molecule has 184 valence electrons. The highest BCUT2D eigenvalue weighted by Gasteiger charge is 2.43. The lowest BCUT2D eigenvalue weighted by atomic mass is 9.96. The van der Waals surface area contributed by atoms with E-state index in [0.29, 0.717) is 10.0 Å². The van der Waals surface area contributed by atoms with Gasteiger partial charge in [0.05, 0.1) is 20.0 Å². The third kappa shape index (κ3) is 5.25. The predicted octanol–water partition coefficient (Wildman–Crippen LogP) is 4.92. The van der Waals surface area contributed by atoms with Gasteiger partial charge in [0.1, 0.15) is 11.6 Å². The summed E-state index contributed by atoms with van der Waals surface area (Å²) in [7, 11) is -3.29. The number of fused-ring (bicyclic) bond motifs is 2. The topological polar surface area (TPSA) is 88.6 Å². The molecule has 11 heteroatoms. The first-order chi connectivity index (χ1) is 15.8. The van der Waals surface area contributed by atoms with E-state index in [1.54, 1.807) is 26.0 Å². The first-order valence-corrected chi connectivity index (χ1v) is 14.0. The number of nitrogens with zero attached hydrogens (tertiary/aromatic N) is 2. The number of hydrogen-bond acceptors (Lipinski definition) is 6. The number of rotatable bonds is 6. The zero-order valence-electron chi connectivity index (χ0n) is 19.0. The van der Waals surface area contributed by atoms with Gasteiger partial charge in [0.25, 0.3) is 5.91 Å². The van der Waals surface area contributed by atoms with Gasteiger partial charge in [-0.1, -0.05) is 34.8 Å². The van der Waals surface area contributed by atoms with Gasteiger partial charge in [-0.05, 0) is 57.7 Å². The molecule has 0 unspecified atom stereocenters. The molecule has 2 aliphatic heterocycles. The van der Waals surface area contributed by atoms with Crippen molar-refractivity contribution in [1.29, 1.82) is 0 Å². The fraction of sp³-hybridized carbons (Fsp3) is 0.478. The molecule has 1 amide bonds. The molecule has 1 aromatic carbocycles. The van der Waals surface area contributed by atoms with Crippen LogP contribution in [0.3, 0.4) is 0 Å². The Labute approximate surface area is 214 Å². The molecule has 2 saturated heterocycles. The fourth-order valence-corrected chi connectivity index (χ4v) is 5.81. The summed E-state index contributed by atoms with van der Waals surface area (Å²) in [5, 5.41) is 4.01. The van der Waals surface area contributed by atoms with Crippen LogP contribution in [-0.2, 0) is 14.6 Å². The Bertz CT molecular complexity index is 1190. The van der Waals surface area contributed by atoms with Crippen molar-refractivity contribution in [2.24, 2.45) is 0 Å². The second-order valence-corrected chi connectivity index (χ2v) is 12.6. The van der Waals surface area contributed by atoms with Crippen LogP contribution in [0.4, 0.5) is 5.82 Å². The maximum absolute atomic E-state index is 13.1. The van der Waals surface area contributed by atoms with Crippen molar-refractivity contribution in [3.8, 4) is 5.75 Å². The maximum atomic E-state index is 13.1. The number of pyridine rings is 1. The van der Waals surface area contributed by atoms with Crippen LogP contribution in [-0.4, -0.2) is 49.3 Å². The van der Waals surface area contributed by atoms with E-state index in [-0.39, 0.29) is 39.7 Å². The molecule has 4 rings (SSSR count). The van der Waals surface area contributed by atoms with Gasteiger partial charge in [-0.25, -0.2) is 13.4 Å². The molecule has 3 heterocycles. The van der Waals surface area contributed by atoms with E-state index in [1.165, 1.54) is 24.6 Å². The maximum Gasteiger partial charge on any atom is 0.263 e. The minimum Gasteiger partial charge on any atom is -0.476 e. The summed E-state index contributed by atoms with van der Waals surface area (Å²) < 4.78 is 29.4. The van der Waals surface area contributed by atoms with Crippen LogP contribution >= 0.6 is 34.8 Å². The second-order valence-electron chi connectivity index (χ2n) is 9.37. The Morgan fingerprint density at radius 2 is 1.71 bits per heavy atom. The van der Waals surface area contributed by atoms with Crippen LogP contribution in [0.2, 0.25) is 15.1 Å². The van der Waals surface area contributed by atoms with E-state index in [9.17, 15) is 13.2 Å². The van der Waals surface area contributed by atoms with Crippen molar-refractivity contribution < 1.29 is 17.9 Å². The van der Waals surface area contributed by atoms with Gasteiger partial charge in [0, 0.05) is 36.6 Å². The van der Waals surface area contributed by atoms with E-state index in [1.807, 2.05) is 0 Å². The zero-order chi connectivity index (χ0) is 24.8. The Morgan fingerprint density at radius 3 is 2.26 bits per heavy atom. The van der Waals surface area contributed by atoms with E-state index in [2.05, 4.69) is 15.2 Å². The second kappa shape index (κ2) is 9.37. The van der Waals surface area contributed by atoms with E-state index >= 15 is 0 Å². The summed E-state index contributed by atoms with van der Waals surface area (Å²) in [5.74, 6) is 0.806. The normalized spacial score (nSPS) is 22.5. The smallest absolute Gasteiger partial charge is 0.263 e.